The summed E-state index contributed by atoms with van der Waals surface area (Å²) in [4.78, 5) is 8.96. The maximum Gasteiger partial charge on any atom is 0.174 e. The molecule has 2 unspecified atom stereocenters. The van der Waals surface area contributed by atoms with Crippen LogP contribution in [-0.4, -0.2) is 28.8 Å². The molecular weight excluding hydrogens is 414 g/mol. The van der Waals surface area contributed by atoms with Crippen LogP contribution in [0.2, 0.25) is 0 Å². The van der Waals surface area contributed by atoms with Crippen LogP contribution in [0.5, 0.6) is 0 Å². The number of nitrogens with zero attached hydrogens (tertiary/aromatic N) is 4. The van der Waals surface area contributed by atoms with Gasteiger partial charge < -0.3 is 19.7 Å². The van der Waals surface area contributed by atoms with E-state index in [4.69, 9.17) is 12.2 Å². The lowest BCUT2D eigenvalue weighted by molar-refractivity contribution is 0.549. The second-order valence-corrected chi connectivity index (χ2v) is 8.43. The van der Waals surface area contributed by atoms with Crippen LogP contribution in [0.15, 0.2) is 97.3 Å². The Hall–Kier alpha value is -3.64. The molecule has 0 radical (unpaired) electrons. The number of nitrogens with one attached hydrogen (secondary N) is 1. The lowest BCUT2D eigenvalue weighted by Gasteiger charge is -2.29. The van der Waals surface area contributed by atoms with Crippen LogP contribution in [0.4, 0.5) is 11.4 Å². The van der Waals surface area contributed by atoms with Crippen LogP contribution in [0.25, 0.3) is 5.69 Å². The van der Waals surface area contributed by atoms with Gasteiger partial charge >= 0.3 is 0 Å². The van der Waals surface area contributed by atoms with Gasteiger partial charge in [0.15, 0.2) is 5.11 Å². The fourth-order valence-corrected chi connectivity index (χ4v) is 4.65. The highest BCUT2D eigenvalue weighted by atomic mass is 32.1. The average molecular weight is 440 g/mol. The fraction of sp³-hybridized carbons (Fsp3) is 0.154. The van der Waals surface area contributed by atoms with Crippen molar-refractivity contribution in [3.05, 3.63) is 109 Å². The quantitative estimate of drug-likeness (QED) is 0.437. The number of hydrogen-bond donors (Lipinski definition) is 1. The predicted octanol–water partition coefficient (Wildman–Crippen LogP) is 5.12. The van der Waals surface area contributed by atoms with Gasteiger partial charge in [-0.3, -0.25) is 4.98 Å². The maximum atomic E-state index is 5.83. The van der Waals surface area contributed by atoms with Crippen molar-refractivity contribution in [1.29, 1.82) is 0 Å². The highest BCUT2D eigenvalue weighted by Crippen LogP contribution is 2.42. The summed E-state index contributed by atoms with van der Waals surface area (Å²) in [5, 5.41) is 4.24. The summed E-state index contributed by atoms with van der Waals surface area (Å²) in [6, 6.07) is 29.1. The molecule has 2 aromatic heterocycles. The van der Waals surface area contributed by atoms with Crippen LogP contribution in [0, 0.1) is 0 Å². The first-order valence-electron chi connectivity index (χ1n) is 10.6. The molecule has 5 nitrogen and oxygen atoms in total. The van der Waals surface area contributed by atoms with Gasteiger partial charge in [-0.15, -0.1) is 0 Å². The van der Waals surface area contributed by atoms with Gasteiger partial charge in [0.05, 0.1) is 11.7 Å². The molecule has 0 aliphatic carbocycles. The van der Waals surface area contributed by atoms with Gasteiger partial charge in [0.25, 0.3) is 0 Å². The first kappa shape index (κ1) is 20.3. The van der Waals surface area contributed by atoms with E-state index in [1.807, 2.05) is 36.5 Å². The molecule has 160 valence electrons. The van der Waals surface area contributed by atoms with Crippen molar-refractivity contribution < 1.29 is 0 Å². The molecule has 3 heterocycles. The standard InChI is InChI=1S/C26H25N5S/c1-29(2)19-13-15-20(16-14-19)30-18-8-12-23(30)25-24(22-11-6-7-17-27-22)28-26(32)31(25)21-9-4-3-5-10-21/h3-18,24-25H,1-2H3,(H,28,32). The summed E-state index contributed by atoms with van der Waals surface area (Å²) in [5.74, 6) is 0. The van der Waals surface area contributed by atoms with E-state index in [0.717, 1.165) is 22.8 Å². The molecule has 1 aliphatic heterocycles. The van der Waals surface area contributed by atoms with Crippen molar-refractivity contribution in [3.63, 3.8) is 0 Å². The first-order chi connectivity index (χ1) is 15.6. The molecule has 2 atom stereocenters. The molecule has 2 aromatic carbocycles. The van der Waals surface area contributed by atoms with Gasteiger partial charge in [0, 0.05) is 49.2 Å². The molecule has 1 aliphatic rings. The Morgan fingerprint density at radius 1 is 0.844 bits per heavy atom. The predicted molar refractivity (Wildman–Crippen MR) is 134 cm³/mol. The van der Waals surface area contributed by atoms with Crippen molar-refractivity contribution in [3.8, 4) is 5.69 Å². The molecule has 32 heavy (non-hydrogen) atoms. The number of pyridine rings is 1. The Labute approximate surface area is 193 Å². The van der Waals surface area contributed by atoms with E-state index < -0.39 is 0 Å². The molecule has 5 rings (SSSR count). The summed E-state index contributed by atoms with van der Waals surface area (Å²) in [7, 11) is 4.10. The van der Waals surface area contributed by atoms with E-state index in [1.54, 1.807) is 0 Å². The Kier molecular flexibility index (Phi) is 5.37. The number of aromatic nitrogens is 2. The lowest BCUT2D eigenvalue weighted by atomic mass is 10.0. The van der Waals surface area contributed by atoms with E-state index in [9.17, 15) is 0 Å². The van der Waals surface area contributed by atoms with E-state index in [2.05, 4.69) is 99.6 Å². The van der Waals surface area contributed by atoms with Crippen LogP contribution in [0.1, 0.15) is 23.5 Å². The third kappa shape index (κ3) is 3.63. The largest absolute Gasteiger partial charge is 0.378 e. The van der Waals surface area contributed by atoms with Gasteiger partial charge in [-0.1, -0.05) is 24.3 Å². The Morgan fingerprint density at radius 3 is 2.28 bits per heavy atom. The number of benzene rings is 2. The number of rotatable bonds is 5. The summed E-state index contributed by atoms with van der Waals surface area (Å²) in [6.45, 7) is 0. The van der Waals surface area contributed by atoms with Gasteiger partial charge in [0.1, 0.15) is 6.04 Å². The number of anilines is 2. The molecule has 0 saturated carbocycles. The summed E-state index contributed by atoms with van der Waals surface area (Å²) in [5.41, 5.74) is 5.46. The molecule has 0 bridgehead atoms. The summed E-state index contributed by atoms with van der Waals surface area (Å²) < 4.78 is 2.24. The highest BCUT2D eigenvalue weighted by Gasteiger charge is 2.42. The first-order valence-corrected chi connectivity index (χ1v) is 11.0. The average Bonchev–Trinajstić information content (AvgIpc) is 3.44. The zero-order chi connectivity index (χ0) is 22.1. The third-order valence-electron chi connectivity index (χ3n) is 5.86. The maximum absolute atomic E-state index is 5.83. The van der Waals surface area contributed by atoms with Crippen LogP contribution < -0.4 is 15.1 Å². The zero-order valence-corrected chi connectivity index (χ0v) is 18.9. The van der Waals surface area contributed by atoms with Crippen molar-refractivity contribution in [2.75, 3.05) is 23.9 Å². The van der Waals surface area contributed by atoms with Gasteiger partial charge in [-0.25, -0.2) is 0 Å². The Balaban J connectivity index is 1.63. The lowest BCUT2D eigenvalue weighted by Crippen LogP contribution is -2.30. The van der Waals surface area contributed by atoms with Crippen LogP contribution >= 0.6 is 12.2 Å². The zero-order valence-electron chi connectivity index (χ0n) is 18.1. The molecule has 1 saturated heterocycles. The Morgan fingerprint density at radius 2 is 1.59 bits per heavy atom. The second-order valence-electron chi connectivity index (χ2n) is 8.05. The van der Waals surface area contributed by atoms with E-state index in [-0.39, 0.29) is 12.1 Å². The van der Waals surface area contributed by atoms with Crippen molar-refractivity contribution >= 4 is 28.7 Å². The molecule has 0 spiro atoms. The van der Waals surface area contributed by atoms with Crippen LogP contribution in [-0.2, 0) is 0 Å². The normalized spacial score (nSPS) is 17.9. The molecule has 1 fully saturated rings. The Bertz CT molecular complexity index is 1200. The minimum absolute atomic E-state index is 0.0525. The topological polar surface area (TPSA) is 36.3 Å². The minimum Gasteiger partial charge on any atom is -0.378 e. The summed E-state index contributed by atoms with van der Waals surface area (Å²) in [6.07, 6.45) is 3.95. The number of para-hydroxylation sites is 1. The second kappa shape index (κ2) is 8.48. The molecule has 6 heteroatoms. The van der Waals surface area contributed by atoms with Gasteiger partial charge in [-0.05, 0) is 72.9 Å². The molecule has 1 N–H and O–H groups in total. The van der Waals surface area contributed by atoms with Gasteiger partial charge in [-0.2, -0.15) is 0 Å². The SMILES string of the molecule is CN(C)c1ccc(-n2cccc2C2C(c3ccccn3)NC(=S)N2c2ccccc2)cc1. The van der Waals surface area contributed by atoms with E-state index in [0.29, 0.717) is 5.11 Å². The monoisotopic (exact) mass is 439 g/mol. The van der Waals surface area contributed by atoms with Gasteiger partial charge in [0.2, 0.25) is 0 Å². The van der Waals surface area contributed by atoms with E-state index in [1.165, 1.54) is 5.69 Å². The van der Waals surface area contributed by atoms with Crippen molar-refractivity contribution in [2.24, 2.45) is 0 Å². The number of thiocarbonyl (C=S) groups is 1. The van der Waals surface area contributed by atoms with Crippen molar-refractivity contribution in [1.82, 2.24) is 14.9 Å². The smallest absolute Gasteiger partial charge is 0.174 e. The fourth-order valence-electron chi connectivity index (χ4n) is 4.30. The highest BCUT2D eigenvalue weighted by molar-refractivity contribution is 7.80. The molecule has 0 amide bonds. The molecular formula is C26H25N5S. The van der Waals surface area contributed by atoms with Crippen LogP contribution in [0.3, 0.4) is 0 Å². The number of hydrogen-bond acceptors (Lipinski definition) is 3. The van der Waals surface area contributed by atoms with Crippen molar-refractivity contribution in [2.45, 2.75) is 12.1 Å². The van der Waals surface area contributed by atoms with E-state index >= 15 is 0 Å². The third-order valence-corrected chi connectivity index (χ3v) is 6.17. The molecule has 4 aromatic rings. The minimum atomic E-state index is -0.0707. The summed E-state index contributed by atoms with van der Waals surface area (Å²) >= 11 is 5.83.